The first-order valence-corrected chi connectivity index (χ1v) is 9.47. The Morgan fingerprint density at radius 1 is 1.22 bits per heavy atom. The van der Waals surface area contributed by atoms with E-state index in [1.165, 1.54) is 13.8 Å². The number of benzene rings is 2. The molecular weight excluding hydrogens is 459 g/mol. The van der Waals surface area contributed by atoms with Crippen molar-refractivity contribution >= 4 is 29.2 Å². The van der Waals surface area contributed by atoms with Gasteiger partial charge in [-0.15, -0.1) is 0 Å². The number of hydrogen-bond acceptors (Lipinski definition) is 6. The lowest BCUT2D eigenvalue weighted by atomic mass is 9.86. The molecule has 1 N–H and O–H groups in total. The van der Waals surface area contributed by atoms with E-state index in [0.717, 1.165) is 30.3 Å². The zero-order chi connectivity index (χ0) is 24.2. The van der Waals surface area contributed by atoms with E-state index >= 15 is 0 Å². The van der Waals surface area contributed by atoms with Gasteiger partial charge in [-0.25, -0.2) is 0 Å². The average Bonchev–Trinajstić information content (AvgIpc) is 2.68. The summed E-state index contributed by atoms with van der Waals surface area (Å²) >= 11 is 5.86. The van der Waals surface area contributed by atoms with E-state index in [-0.39, 0.29) is 28.7 Å². The summed E-state index contributed by atoms with van der Waals surface area (Å²) in [6.45, 7) is 2.75. The molecule has 8 nitrogen and oxygen atoms in total. The van der Waals surface area contributed by atoms with Gasteiger partial charge in [-0.1, -0.05) is 18.5 Å². The lowest BCUT2D eigenvalue weighted by Crippen LogP contribution is -2.28. The molecule has 32 heavy (non-hydrogen) atoms. The van der Waals surface area contributed by atoms with E-state index in [9.17, 15) is 38.0 Å². The van der Waals surface area contributed by atoms with Gasteiger partial charge in [-0.05, 0) is 37.3 Å². The molecule has 0 amide bonds. The second kappa shape index (κ2) is 9.86. The summed E-state index contributed by atoms with van der Waals surface area (Å²) in [5, 5.41) is 20.7. The van der Waals surface area contributed by atoms with Gasteiger partial charge in [0.2, 0.25) is 0 Å². The van der Waals surface area contributed by atoms with Crippen LogP contribution in [0.3, 0.4) is 0 Å². The van der Waals surface area contributed by atoms with Crippen LogP contribution in [0.15, 0.2) is 36.4 Å². The van der Waals surface area contributed by atoms with Crippen LogP contribution in [0.4, 0.5) is 18.9 Å². The Hall–Kier alpha value is -3.34. The smallest absolute Gasteiger partial charge is 0.416 e. The predicted octanol–water partition coefficient (Wildman–Crippen LogP) is 5.43. The molecule has 0 aliphatic heterocycles. The van der Waals surface area contributed by atoms with Gasteiger partial charge in [0.1, 0.15) is 17.4 Å². The van der Waals surface area contributed by atoms with Gasteiger partial charge in [0.15, 0.2) is 0 Å². The number of ether oxygens (including phenoxy) is 2. The molecule has 0 bridgehead atoms. The number of rotatable bonds is 8. The largest absolute Gasteiger partial charge is 0.481 e. The van der Waals surface area contributed by atoms with Crippen LogP contribution in [0.25, 0.3) is 0 Å². The first-order chi connectivity index (χ1) is 14.9. The summed E-state index contributed by atoms with van der Waals surface area (Å²) in [6.07, 6.45) is -4.62. The Kier molecular flexibility index (Phi) is 7.68. The normalized spacial score (nSPS) is 13.2. The molecule has 0 radical (unpaired) electrons. The van der Waals surface area contributed by atoms with Crippen molar-refractivity contribution in [2.45, 2.75) is 25.9 Å². The maximum Gasteiger partial charge on any atom is 0.416 e. The number of carboxylic acids is 1. The molecule has 2 aromatic carbocycles. The Labute approximate surface area is 184 Å². The van der Waals surface area contributed by atoms with Crippen molar-refractivity contribution in [3.63, 3.8) is 0 Å². The molecule has 0 saturated heterocycles. The van der Waals surface area contributed by atoms with Crippen molar-refractivity contribution in [3.05, 3.63) is 62.7 Å². The molecular formula is C20H17ClF3NO7. The number of halogens is 4. The molecule has 0 spiro atoms. The van der Waals surface area contributed by atoms with Crippen molar-refractivity contribution in [1.29, 1.82) is 0 Å². The molecule has 172 valence electrons. The topological polar surface area (TPSA) is 116 Å². The SMILES string of the molecule is CCOC(=O)C(C)C(C(=O)O)c1cc(Oc2ccc(C(F)(F)F)cc2Cl)ccc1[N+](=O)[O-]. The van der Waals surface area contributed by atoms with Crippen LogP contribution in [-0.4, -0.2) is 28.6 Å². The number of carbonyl (C=O) groups is 2. The number of nitro benzene ring substituents is 1. The highest BCUT2D eigenvalue weighted by molar-refractivity contribution is 6.32. The quantitative estimate of drug-likeness (QED) is 0.307. The molecule has 0 aliphatic carbocycles. The summed E-state index contributed by atoms with van der Waals surface area (Å²) in [7, 11) is 0. The highest BCUT2D eigenvalue weighted by atomic mass is 35.5. The van der Waals surface area contributed by atoms with Crippen LogP contribution in [0.1, 0.15) is 30.9 Å². The van der Waals surface area contributed by atoms with Crippen LogP contribution in [-0.2, 0) is 20.5 Å². The Morgan fingerprint density at radius 3 is 2.38 bits per heavy atom. The molecule has 0 aromatic heterocycles. The number of carbonyl (C=O) groups excluding carboxylic acids is 1. The molecule has 2 rings (SSSR count). The molecule has 0 saturated carbocycles. The van der Waals surface area contributed by atoms with Crippen LogP contribution in [0, 0.1) is 16.0 Å². The molecule has 2 atom stereocenters. The minimum absolute atomic E-state index is 0.0207. The number of alkyl halides is 3. The van der Waals surface area contributed by atoms with Crippen LogP contribution >= 0.6 is 11.6 Å². The number of nitro groups is 1. The number of hydrogen-bond donors (Lipinski definition) is 1. The fourth-order valence-electron chi connectivity index (χ4n) is 2.92. The number of carboxylic acid groups (broad SMARTS) is 1. The van der Waals surface area contributed by atoms with E-state index < -0.39 is 46.1 Å². The summed E-state index contributed by atoms with van der Waals surface area (Å²) in [5.41, 5.74) is -1.93. The number of aliphatic carboxylic acids is 1. The third-order valence-electron chi connectivity index (χ3n) is 4.44. The van der Waals surface area contributed by atoms with E-state index in [4.69, 9.17) is 21.1 Å². The summed E-state index contributed by atoms with van der Waals surface area (Å²) in [4.78, 5) is 34.6. The Morgan fingerprint density at radius 2 is 1.88 bits per heavy atom. The second-order valence-corrected chi connectivity index (χ2v) is 6.99. The molecule has 2 aromatic rings. The van der Waals surface area contributed by atoms with Gasteiger partial charge in [0.05, 0.1) is 28.0 Å². The van der Waals surface area contributed by atoms with Gasteiger partial charge < -0.3 is 14.6 Å². The van der Waals surface area contributed by atoms with Gasteiger partial charge in [0.25, 0.3) is 5.69 Å². The fraction of sp³-hybridized carbons (Fsp3) is 0.300. The van der Waals surface area contributed by atoms with Gasteiger partial charge >= 0.3 is 18.1 Å². The molecule has 0 fully saturated rings. The van der Waals surface area contributed by atoms with Crippen molar-refractivity contribution in [1.82, 2.24) is 0 Å². The minimum atomic E-state index is -4.62. The summed E-state index contributed by atoms with van der Waals surface area (Å²) in [5.74, 6) is -5.64. The third-order valence-corrected chi connectivity index (χ3v) is 4.74. The first-order valence-electron chi connectivity index (χ1n) is 9.09. The Balaban J connectivity index is 2.50. The Bertz CT molecular complexity index is 1040. The average molecular weight is 476 g/mol. The van der Waals surface area contributed by atoms with E-state index in [1.54, 1.807) is 0 Å². The zero-order valence-electron chi connectivity index (χ0n) is 16.7. The fourth-order valence-corrected chi connectivity index (χ4v) is 3.14. The van der Waals surface area contributed by atoms with Gasteiger partial charge in [0, 0.05) is 11.6 Å². The lowest BCUT2D eigenvalue weighted by molar-refractivity contribution is -0.385. The summed E-state index contributed by atoms with van der Waals surface area (Å²) < 4.78 is 48.7. The first kappa shape index (κ1) is 24.9. The van der Waals surface area contributed by atoms with E-state index in [1.807, 2.05) is 0 Å². The van der Waals surface area contributed by atoms with Crippen LogP contribution in [0.5, 0.6) is 11.5 Å². The van der Waals surface area contributed by atoms with Crippen molar-refractivity contribution < 1.29 is 42.3 Å². The minimum Gasteiger partial charge on any atom is -0.481 e. The van der Waals surface area contributed by atoms with Gasteiger partial charge in [-0.2, -0.15) is 13.2 Å². The number of esters is 1. The van der Waals surface area contributed by atoms with Crippen molar-refractivity contribution in [3.8, 4) is 11.5 Å². The summed E-state index contributed by atoms with van der Waals surface area (Å²) in [6, 6.07) is 5.46. The number of nitrogens with zero attached hydrogens (tertiary/aromatic N) is 1. The highest BCUT2D eigenvalue weighted by Crippen LogP contribution is 2.39. The van der Waals surface area contributed by atoms with Crippen LogP contribution < -0.4 is 4.74 Å². The van der Waals surface area contributed by atoms with E-state index in [2.05, 4.69) is 0 Å². The maximum absolute atomic E-state index is 12.8. The second-order valence-electron chi connectivity index (χ2n) is 6.58. The highest BCUT2D eigenvalue weighted by Gasteiger charge is 2.37. The maximum atomic E-state index is 12.8. The third kappa shape index (κ3) is 5.67. The molecule has 0 aliphatic rings. The van der Waals surface area contributed by atoms with E-state index in [0.29, 0.717) is 6.07 Å². The van der Waals surface area contributed by atoms with Crippen LogP contribution in [0.2, 0.25) is 5.02 Å². The van der Waals surface area contributed by atoms with Crippen molar-refractivity contribution in [2.24, 2.45) is 5.92 Å². The lowest BCUT2D eigenvalue weighted by Gasteiger charge is -2.20. The zero-order valence-corrected chi connectivity index (χ0v) is 17.4. The van der Waals surface area contributed by atoms with Crippen molar-refractivity contribution in [2.75, 3.05) is 6.61 Å². The molecule has 0 heterocycles. The molecule has 12 heteroatoms. The van der Waals surface area contributed by atoms with Gasteiger partial charge in [-0.3, -0.25) is 19.7 Å². The molecule has 2 unspecified atom stereocenters. The monoisotopic (exact) mass is 475 g/mol. The predicted molar refractivity (Wildman–Crippen MR) is 106 cm³/mol. The standard InChI is InChI=1S/C20H17ClF3NO7/c1-3-31-19(28)10(2)17(18(26)27)13-9-12(5-6-15(13)25(29)30)32-16-7-4-11(8-14(16)21)20(22,23)24/h4-10,17H,3H2,1-2H3,(H,26,27).